The van der Waals surface area contributed by atoms with E-state index in [0.717, 1.165) is 6.42 Å². The van der Waals surface area contributed by atoms with E-state index in [2.05, 4.69) is 50.5 Å². The Morgan fingerprint density at radius 3 is 2.70 bits per heavy atom. The van der Waals surface area contributed by atoms with Crippen LogP contribution in [0.25, 0.3) is 10.4 Å². The molecule has 1 rings (SSSR count). The van der Waals surface area contributed by atoms with Crippen LogP contribution in [0.15, 0.2) is 17.8 Å². The van der Waals surface area contributed by atoms with Crippen LogP contribution in [0.3, 0.4) is 0 Å². The van der Waals surface area contributed by atoms with Crippen LogP contribution in [-0.4, -0.2) is 33.2 Å². The van der Waals surface area contributed by atoms with Gasteiger partial charge in [0.2, 0.25) is 0 Å². The van der Waals surface area contributed by atoms with Crippen LogP contribution in [0.2, 0.25) is 18.1 Å². The van der Waals surface area contributed by atoms with E-state index in [0.29, 0.717) is 13.0 Å². The summed E-state index contributed by atoms with van der Waals surface area (Å²) < 4.78 is 12.2. The van der Waals surface area contributed by atoms with Gasteiger partial charge in [-0.1, -0.05) is 32.0 Å². The maximum Gasteiger partial charge on any atom is 0.192 e. The molecule has 0 saturated carbocycles. The number of rotatable bonds is 6. The molecule has 0 amide bonds. The van der Waals surface area contributed by atoms with Crippen LogP contribution in [0.5, 0.6) is 0 Å². The van der Waals surface area contributed by atoms with Gasteiger partial charge in [-0.25, -0.2) is 0 Å². The van der Waals surface area contributed by atoms with Crippen molar-refractivity contribution in [2.24, 2.45) is 5.11 Å². The molecule has 6 heteroatoms. The highest BCUT2D eigenvalue weighted by Crippen LogP contribution is 2.39. The van der Waals surface area contributed by atoms with Crippen molar-refractivity contribution in [1.82, 2.24) is 0 Å². The van der Waals surface area contributed by atoms with Gasteiger partial charge in [0, 0.05) is 11.5 Å². The topological polar surface area (TPSA) is 67.2 Å². The first-order valence-corrected chi connectivity index (χ1v) is 10.1. The standard InChI is InChI=1S/C14H27N3O2Si/c1-7-8-11(16-17-15)13-12(9-10-18-13)19-20(5,6)14(2,3)4/h7,11-13H,1,8-10H2,2-6H3/t11-,12?,13-/m1/s1. The van der Waals surface area contributed by atoms with Gasteiger partial charge in [-0.05, 0) is 36.5 Å². The zero-order valence-corrected chi connectivity index (χ0v) is 14.3. The van der Waals surface area contributed by atoms with E-state index < -0.39 is 8.32 Å². The van der Waals surface area contributed by atoms with E-state index in [1.54, 1.807) is 6.08 Å². The fourth-order valence-corrected chi connectivity index (χ4v) is 3.48. The summed E-state index contributed by atoms with van der Waals surface area (Å²) in [4.78, 5) is 2.93. The Morgan fingerprint density at radius 2 is 2.20 bits per heavy atom. The van der Waals surface area contributed by atoms with Gasteiger partial charge in [0.05, 0.1) is 18.2 Å². The quantitative estimate of drug-likeness (QED) is 0.239. The summed E-state index contributed by atoms with van der Waals surface area (Å²) in [6.45, 7) is 15.5. The molecule has 0 aromatic carbocycles. The second-order valence-corrected chi connectivity index (χ2v) is 11.6. The highest BCUT2D eigenvalue weighted by atomic mass is 28.4. The Bertz CT molecular complexity index is 386. The lowest BCUT2D eigenvalue weighted by atomic mass is 10.0. The van der Waals surface area contributed by atoms with Gasteiger partial charge < -0.3 is 9.16 Å². The molecule has 1 fully saturated rings. The normalized spacial score (nSPS) is 25.1. The Kier molecular flexibility index (Phi) is 5.83. The first kappa shape index (κ1) is 17.2. The number of ether oxygens (including phenoxy) is 1. The molecule has 0 spiro atoms. The van der Waals surface area contributed by atoms with Crippen molar-refractivity contribution in [3.8, 4) is 0 Å². The molecule has 0 N–H and O–H groups in total. The molecule has 114 valence electrons. The summed E-state index contributed by atoms with van der Waals surface area (Å²) in [6.07, 6.45) is 3.12. The largest absolute Gasteiger partial charge is 0.411 e. The Morgan fingerprint density at radius 1 is 1.55 bits per heavy atom. The van der Waals surface area contributed by atoms with Crippen molar-refractivity contribution < 1.29 is 9.16 Å². The van der Waals surface area contributed by atoms with Crippen LogP contribution in [0, 0.1) is 0 Å². The minimum Gasteiger partial charge on any atom is -0.411 e. The molecule has 0 aromatic heterocycles. The summed E-state index contributed by atoms with van der Waals surface area (Å²) >= 11 is 0. The van der Waals surface area contributed by atoms with Gasteiger partial charge in [0.15, 0.2) is 8.32 Å². The summed E-state index contributed by atoms with van der Waals surface area (Å²) in [5.74, 6) is 0. The predicted octanol–water partition coefficient (Wildman–Crippen LogP) is 4.42. The molecule has 1 heterocycles. The molecular weight excluding hydrogens is 270 g/mol. The fraction of sp³-hybridized carbons (Fsp3) is 0.857. The average molecular weight is 297 g/mol. The van der Waals surface area contributed by atoms with Crippen molar-refractivity contribution >= 4 is 8.32 Å². The maximum atomic E-state index is 8.71. The smallest absolute Gasteiger partial charge is 0.192 e. The van der Waals surface area contributed by atoms with Crippen molar-refractivity contribution in [2.45, 2.75) is 70.0 Å². The van der Waals surface area contributed by atoms with E-state index in [9.17, 15) is 0 Å². The van der Waals surface area contributed by atoms with Gasteiger partial charge in [-0.3, -0.25) is 0 Å². The van der Waals surface area contributed by atoms with E-state index in [-0.39, 0.29) is 23.3 Å². The average Bonchev–Trinajstić information content (AvgIpc) is 2.74. The van der Waals surface area contributed by atoms with E-state index >= 15 is 0 Å². The molecule has 20 heavy (non-hydrogen) atoms. The lowest BCUT2D eigenvalue weighted by Gasteiger charge is -2.40. The number of azide groups is 1. The molecule has 1 aliphatic rings. The molecule has 1 unspecified atom stereocenters. The minimum atomic E-state index is -1.84. The van der Waals surface area contributed by atoms with Crippen LogP contribution in [-0.2, 0) is 9.16 Å². The summed E-state index contributed by atoms with van der Waals surface area (Å²) in [6, 6.07) is -0.227. The maximum absolute atomic E-state index is 8.71. The first-order valence-electron chi connectivity index (χ1n) is 7.17. The van der Waals surface area contributed by atoms with E-state index in [4.69, 9.17) is 14.7 Å². The number of nitrogens with zero attached hydrogens (tertiary/aromatic N) is 3. The molecule has 1 aliphatic heterocycles. The fourth-order valence-electron chi connectivity index (χ4n) is 2.12. The Balaban J connectivity index is 2.83. The monoisotopic (exact) mass is 297 g/mol. The molecule has 0 aliphatic carbocycles. The van der Waals surface area contributed by atoms with Gasteiger partial charge in [-0.2, -0.15) is 0 Å². The lowest BCUT2D eigenvalue weighted by molar-refractivity contribution is 0.0308. The highest BCUT2D eigenvalue weighted by Gasteiger charge is 2.43. The van der Waals surface area contributed by atoms with E-state index in [1.165, 1.54) is 0 Å². The van der Waals surface area contributed by atoms with Gasteiger partial charge >= 0.3 is 0 Å². The van der Waals surface area contributed by atoms with E-state index in [1.807, 2.05) is 0 Å². The molecular formula is C14H27N3O2Si. The predicted molar refractivity (Wildman–Crippen MR) is 84.2 cm³/mol. The van der Waals surface area contributed by atoms with Gasteiger partial charge in [0.1, 0.15) is 0 Å². The van der Waals surface area contributed by atoms with Crippen LogP contribution in [0.4, 0.5) is 0 Å². The molecule has 0 radical (unpaired) electrons. The highest BCUT2D eigenvalue weighted by molar-refractivity contribution is 6.74. The number of hydrogen-bond donors (Lipinski definition) is 0. The van der Waals surface area contributed by atoms with Gasteiger partial charge in [-0.15, -0.1) is 6.58 Å². The molecule has 1 saturated heterocycles. The summed E-state index contributed by atoms with van der Waals surface area (Å²) in [5.41, 5.74) is 8.71. The van der Waals surface area contributed by atoms with Gasteiger partial charge in [0.25, 0.3) is 0 Å². The molecule has 5 nitrogen and oxygen atoms in total. The summed E-state index contributed by atoms with van der Waals surface area (Å²) in [5, 5.41) is 4.02. The van der Waals surface area contributed by atoms with Crippen molar-refractivity contribution in [2.75, 3.05) is 6.61 Å². The van der Waals surface area contributed by atoms with Crippen LogP contribution < -0.4 is 0 Å². The Hall–Kier alpha value is -0.813. The third-order valence-corrected chi connectivity index (χ3v) is 8.82. The molecule has 0 bridgehead atoms. The third kappa shape index (κ3) is 4.09. The van der Waals surface area contributed by atoms with Crippen LogP contribution in [0.1, 0.15) is 33.6 Å². The SMILES string of the molecule is C=CC[C@@H](N=[N+]=[N-])[C@H]1OCCC1O[Si](C)(C)C(C)(C)C. The number of hydrogen-bond acceptors (Lipinski definition) is 3. The molecule has 3 atom stereocenters. The lowest BCUT2D eigenvalue weighted by Crippen LogP contribution is -2.47. The first-order chi connectivity index (χ1) is 9.23. The second kappa shape index (κ2) is 6.76. The minimum absolute atomic E-state index is 0.0198. The second-order valence-electron chi connectivity index (χ2n) is 6.84. The van der Waals surface area contributed by atoms with Crippen molar-refractivity contribution in [3.63, 3.8) is 0 Å². The zero-order valence-electron chi connectivity index (χ0n) is 13.3. The third-order valence-electron chi connectivity index (χ3n) is 4.32. The van der Waals surface area contributed by atoms with Crippen LogP contribution >= 0.6 is 0 Å². The summed E-state index contributed by atoms with van der Waals surface area (Å²) in [7, 11) is -1.84. The zero-order chi connectivity index (χ0) is 15.4. The Labute approximate surface area is 123 Å². The van der Waals surface area contributed by atoms with Crippen molar-refractivity contribution in [3.05, 3.63) is 23.1 Å². The van der Waals surface area contributed by atoms with Crippen molar-refractivity contribution in [1.29, 1.82) is 0 Å². The molecule has 0 aromatic rings.